The Hall–Kier alpha value is -0.590. The topological polar surface area (TPSA) is 64.0 Å². The van der Waals surface area contributed by atoms with Crippen molar-refractivity contribution in [3.63, 3.8) is 0 Å². The Morgan fingerprint density at radius 3 is 2.82 bits per heavy atom. The van der Waals surface area contributed by atoms with Crippen LogP contribution in [0.15, 0.2) is 12.4 Å². The van der Waals surface area contributed by atoms with Crippen molar-refractivity contribution in [1.82, 2.24) is 15.1 Å². The van der Waals surface area contributed by atoms with Crippen molar-refractivity contribution in [2.24, 2.45) is 0 Å². The third-order valence-corrected chi connectivity index (χ3v) is 3.51. The molecule has 0 spiro atoms. The van der Waals surface area contributed by atoms with Crippen LogP contribution in [-0.4, -0.2) is 42.8 Å². The molecule has 0 aliphatic rings. The van der Waals surface area contributed by atoms with Crippen molar-refractivity contribution < 1.29 is 8.42 Å². The van der Waals surface area contributed by atoms with E-state index in [0.717, 1.165) is 19.5 Å². The van der Waals surface area contributed by atoms with E-state index in [9.17, 15) is 8.42 Å². The maximum atomic E-state index is 11.0. The minimum absolute atomic E-state index is 0.0220. The Balaban J connectivity index is 2.16. The lowest BCUT2D eigenvalue weighted by Gasteiger charge is -2.12. The number of aryl methyl sites for hydroxylation is 1. The summed E-state index contributed by atoms with van der Waals surface area (Å²) < 4.78 is 23.8. The molecule has 0 amide bonds. The molecular weight excluding hydrogens is 262 g/mol. The predicted octanol–water partition coefficient (Wildman–Crippen LogP) is 0.949. The molecule has 1 aromatic heterocycles. The SMILES string of the molecule is C[C@@H](CS(C)(=O)=O)NCCCn1cc(Cl)cn1. The van der Waals surface area contributed by atoms with Crippen LogP contribution in [0.2, 0.25) is 5.02 Å². The van der Waals surface area contributed by atoms with Crippen molar-refractivity contribution in [3.8, 4) is 0 Å². The van der Waals surface area contributed by atoms with E-state index < -0.39 is 9.84 Å². The zero-order valence-electron chi connectivity index (χ0n) is 10.1. The summed E-state index contributed by atoms with van der Waals surface area (Å²) in [6.07, 6.45) is 5.49. The van der Waals surface area contributed by atoms with Gasteiger partial charge in [-0.1, -0.05) is 11.6 Å². The first-order valence-corrected chi connectivity index (χ1v) is 7.90. The number of rotatable bonds is 7. The van der Waals surface area contributed by atoms with Crippen molar-refractivity contribution >= 4 is 21.4 Å². The van der Waals surface area contributed by atoms with Crippen molar-refractivity contribution in [2.45, 2.75) is 25.9 Å². The van der Waals surface area contributed by atoms with E-state index in [0.29, 0.717) is 5.02 Å². The van der Waals surface area contributed by atoms with E-state index in [1.165, 1.54) is 6.26 Å². The number of sulfone groups is 1. The summed E-state index contributed by atoms with van der Waals surface area (Å²) in [5.41, 5.74) is 0. The summed E-state index contributed by atoms with van der Waals surface area (Å²) in [5.74, 6) is 0.167. The number of halogens is 1. The zero-order valence-corrected chi connectivity index (χ0v) is 11.6. The summed E-state index contributed by atoms with van der Waals surface area (Å²) in [7, 11) is -2.91. The first-order valence-electron chi connectivity index (χ1n) is 5.46. The molecule has 1 aromatic rings. The molecule has 0 aliphatic carbocycles. The van der Waals surface area contributed by atoms with E-state index in [1.807, 2.05) is 6.92 Å². The molecule has 0 fully saturated rings. The second kappa shape index (κ2) is 6.37. The fourth-order valence-electron chi connectivity index (χ4n) is 1.56. The third-order valence-electron chi connectivity index (χ3n) is 2.21. The molecule has 0 unspecified atom stereocenters. The van der Waals surface area contributed by atoms with Crippen LogP contribution in [0.1, 0.15) is 13.3 Å². The van der Waals surface area contributed by atoms with Crippen LogP contribution in [0.3, 0.4) is 0 Å². The van der Waals surface area contributed by atoms with Gasteiger partial charge in [-0.25, -0.2) is 8.42 Å². The molecule has 0 saturated heterocycles. The van der Waals surface area contributed by atoms with E-state index in [4.69, 9.17) is 11.6 Å². The van der Waals surface area contributed by atoms with E-state index >= 15 is 0 Å². The highest BCUT2D eigenvalue weighted by atomic mass is 35.5. The number of aromatic nitrogens is 2. The molecule has 0 radical (unpaired) electrons. The summed E-state index contributed by atoms with van der Waals surface area (Å²) in [4.78, 5) is 0. The summed E-state index contributed by atoms with van der Waals surface area (Å²) in [6.45, 7) is 3.39. The maximum absolute atomic E-state index is 11.0. The van der Waals surface area contributed by atoms with E-state index in [-0.39, 0.29) is 11.8 Å². The normalized spacial score (nSPS) is 13.8. The van der Waals surface area contributed by atoms with Crippen LogP contribution in [0.5, 0.6) is 0 Å². The van der Waals surface area contributed by atoms with Gasteiger partial charge in [-0.2, -0.15) is 5.10 Å². The Kier molecular flexibility index (Phi) is 5.42. The van der Waals surface area contributed by atoms with Gasteiger partial charge in [0.1, 0.15) is 9.84 Å². The van der Waals surface area contributed by atoms with Crippen molar-refractivity contribution in [3.05, 3.63) is 17.4 Å². The summed E-state index contributed by atoms with van der Waals surface area (Å²) in [6, 6.07) is -0.0220. The highest BCUT2D eigenvalue weighted by Gasteiger charge is 2.09. The van der Waals surface area contributed by atoms with Gasteiger partial charge in [0.2, 0.25) is 0 Å². The number of hydrogen-bond acceptors (Lipinski definition) is 4. The van der Waals surface area contributed by atoms with Gasteiger partial charge in [0.25, 0.3) is 0 Å². The second-order valence-corrected chi connectivity index (χ2v) is 6.84. The van der Waals surface area contributed by atoms with Gasteiger partial charge in [0.05, 0.1) is 17.0 Å². The highest BCUT2D eigenvalue weighted by molar-refractivity contribution is 7.90. The lowest BCUT2D eigenvalue weighted by molar-refractivity contribution is 0.509. The number of nitrogens with one attached hydrogen (secondary N) is 1. The summed E-state index contributed by atoms with van der Waals surface area (Å²) in [5, 5.41) is 7.84. The number of nitrogens with zero attached hydrogens (tertiary/aromatic N) is 2. The predicted molar refractivity (Wildman–Crippen MR) is 69.0 cm³/mol. The van der Waals surface area contributed by atoms with Crippen LogP contribution in [0, 0.1) is 0 Å². The quantitative estimate of drug-likeness (QED) is 0.755. The van der Waals surface area contributed by atoms with Crippen molar-refractivity contribution in [2.75, 3.05) is 18.6 Å². The van der Waals surface area contributed by atoms with Crippen LogP contribution in [-0.2, 0) is 16.4 Å². The molecule has 1 atom stereocenters. The molecule has 1 rings (SSSR count). The molecule has 5 nitrogen and oxygen atoms in total. The number of hydrogen-bond donors (Lipinski definition) is 1. The van der Waals surface area contributed by atoms with E-state index in [2.05, 4.69) is 10.4 Å². The molecule has 17 heavy (non-hydrogen) atoms. The van der Waals surface area contributed by atoms with Crippen LogP contribution in [0.25, 0.3) is 0 Å². The third kappa shape index (κ3) is 6.65. The fourth-order valence-corrected chi connectivity index (χ4v) is 2.75. The van der Waals surface area contributed by atoms with Crippen LogP contribution < -0.4 is 5.32 Å². The maximum Gasteiger partial charge on any atom is 0.148 e. The molecule has 0 saturated carbocycles. The summed E-state index contributed by atoms with van der Waals surface area (Å²) >= 11 is 5.73. The standard InChI is InChI=1S/C10H18ClN3O2S/c1-9(8-17(2,15)16)12-4-3-5-14-7-10(11)6-13-14/h6-7,9,12H,3-5,8H2,1-2H3/t9-/m0/s1. The first-order chi connectivity index (χ1) is 7.87. The van der Waals surface area contributed by atoms with Crippen LogP contribution in [0.4, 0.5) is 0 Å². The van der Waals surface area contributed by atoms with Crippen LogP contribution >= 0.6 is 11.6 Å². The minimum atomic E-state index is -2.91. The Morgan fingerprint density at radius 1 is 1.59 bits per heavy atom. The Morgan fingerprint density at radius 2 is 2.29 bits per heavy atom. The lowest BCUT2D eigenvalue weighted by atomic mass is 10.3. The average molecular weight is 280 g/mol. The van der Waals surface area contributed by atoms with Gasteiger partial charge in [-0.15, -0.1) is 0 Å². The minimum Gasteiger partial charge on any atom is -0.313 e. The molecule has 0 bridgehead atoms. The molecule has 98 valence electrons. The second-order valence-electron chi connectivity index (χ2n) is 4.22. The van der Waals surface area contributed by atoms with Gasteiger partial charge in [-0.3, -0.25) is 4.68 Å². The van der Waals surface area contributed by atoms with Crippen molar-refractivity contribution in [1.29, 1.82) is 0 Å². The Labute approximate surface area is 107 Å². The van der Waals surface area contributed by atoms with E-state index in [1.54, 1.807) is 17.1 Å². The van der Waals surface area contributed by atoms with Gasteiger partial charge in [-0.05, 0) is 19.9 Å². The van der Waals surface area contributed by atoms with Gasteiger partial charge in [0, 0.05) is 25.0 Å². The van der Waals surface area contributed by atoms with Gasteiger partial charge >= 0.3 is 0 Å². The molecule has 0 aliphatic heterocycles. The largest absolute Gasteiger partial charge is 0.313 e. The molecule has 1 heterocycles. The monoisotopic (exact) mass is 279 g/mol. The first kappa shape index (κ1) is 14.5. The zero-order chi connectivity index (χ0) is 12.9. The smallest absolute Gasteiger partial charge is 0.148 e. The Bertz CT molecular complexity index is 444. The molecule has 7 heteroatoms. The lowest BCUT2D eigenvalue weighted by Crippen LogP contribution is -2.33. The highest BCUT2D eigenvalue weighted by Crippen LogP contribution is 2.04. The molecule has 0 aromatic carbocycles. The molecule has 1 N–H and O–H groups in total. The molecular formula is C10H18ClN3O2S. The fraction of sp³-hybridized carbons (Fsp3) is 0.700. The van der Waals surface area contributed by atoms with Gasteiger partial charge in [0.15, 0.2) is 0 Å². The average Bonchev–Trinajstić information content (AvgIpc) is 2.56. The van der Waals surface area contributed by atoms with Gasteiger partial charge < -0.3 is 5.32 Å².